The van der Waals surface area contributed by atoms with Crippen LogP contribution in [-0.2, 0) is 4.79 Å². The fourth-order valence-corrected chi connectivity index (χ4v) is 4.31. The normalized spacial score (nSPS) is 24.6. The molecule has 1 aromatic carbocycles. The largest absolute Gasteiger partial charge is 0.353 e. The highest BCUT2D eigenvalue weighted by molar-refractivity contribution is 5.94. The summed E-state index contributed by atoms with van der Waals surface area (Å²) in [5.74, 6) is -0.00577. The first kappa shape index (κ1) is 18.4. The van der Waals surface area contributed by atoms with E-state index in [1.54, 1.807) is 12.1 Å². The third-order valence-corrected chi connectivity index (χ3v) is 6.11. The molecule has 2 amide bonds. The number of amides is 2. The molecule has 1 aromatic rings. The second-order valence-corrected chi connectivity index (χ2v) is 8.15. The molecule has 2 heterocycles. The summed E-state index contributed by atoms with van der Waals surface area (Å²) in [7, 11) is 0. The van der Waals surface area contributed by atoms with E-state index in [0.29, 0.717) is 17.6 Å². The minimum absolute atomic E-state index is 0.0196. The lowest BCUT2D eigenvalue weighted by atomic mass is 9.93. The Balaban J connectivity index is 1.28. The van der Waals surface area contributed by atoms with E-state index in [9.17, 15) is 14.0 Å². The molecule has 3 aliphatic rings. The first-order valence-electron chi connectivity index (χ1n) is 10.2. The van der Waals surface area contributed by atoms with Gasteiger partial charge in [-0.05, 0) is 69.3 Å². The molecule has 0 unspecified atom stereocenters. The minimum Gasteiger partial charge on any atom is -0.353 e. The van der Waals surface area contributed by atoms with Gasteiger partial charge in [0.2, 0.25) is 5.91 Å². The molecule has 6 heteroatoms. The Bertz CT molecular complexity index is 681. The van der Waals surface area contributed by atoms with Gasteiger partial charge in [-0.15, -0.1) is 0 Å². The summed E-state index contributed by atoms with van der Waals surface area (Å²) in [6.45, 7) is 3.32. The summed E-state index contributed by atoms with van der Waals surface area (Å²) >= 11 is 0. The van der Waals surface area contributed by atoms with Crippen LogP contribution in [0.15, 0.2) is 24.3 Å². The summed E-state index contributed by atoms with van der Waals surface area (Å²) in [5, 5.41) is 3.15. The van der Waals surface area contributed by atoms with Gasteiger partial charge in [0.15, 0.2) is 0 Å². The molecule has 5 nitrogen and oxygen atoms in total. The van der Waals surface area contributed by atoms with Crippen LogP contribution in [0.1, 0.15) is 48.9 Å². The van der Waals surface area contributed by atoms with Gasteiger partial charge in [-0.25, -0.2) is 4.39 Å². The molecule has 0 bridgehead atoms. The highest BCUT2D eigenvalue weighted by atomic mass is 19.1. The van der Waals surface area contributed by atoms with Crippen molar-refractivity contribution in [2.45, 2.75) is 50.6 Å². The third-order valence-electron chi connectivity index (χ3n) is 6.11. The molecule has 0 spiro atoms. The Morgan fingerprint density at radius 3 is 2.33 bits per heavy atom. The smallest absolute Gasteiger partial charge is 0.253 e. The Morgan fingerprint density at radius 2 is 1.67 bits per heavy atom. The Hall–Kier alpha value is -1.95. The van der Waals surface area contributed by atoms with Gasteiger partial charge >= 0.3 is 0 Å². The van der Waals surface area contributed by atoms with Crippen molar-refractivity contribution in [3.63, 3.8) is 0 Å². The molecule has 1 saturated carbocycles. The molecule has 1 atom stereocenters. The summed E-state index contributed by atoms with van der Waals surface area (Å²) in [6.07, 6.45) is 6.17. The summed E-state index contributed by atoms with van der Waals surface area (Å²) < 4.78 is 13.1. The van der Waals surface area contributed by atoms with Gasteiger partial charge in [0, 0.05) is 37.3 Å². The van der Waals surface area contributed by atoms with Crippen LogP contribution >= 0.6 is 0 Å². The van der Waals surface area contributed by atoms with Gasteiger partial charge in [0.05, 0.1) is 5.92 Å². The van der Waals surface area contributed by atoms with E-state index >= 15 is 0 Å². The zero-order valence-corrected chi connectivity index (χ0v) is 15.7. The van der Waals surface area contributed by atoms with Crippen LogP contribution in [0.4, 0.5) is 4.39 Å². The number of benzene rings is 1. The number of hydrogen-bond acceptors (Lipinski definition) is 3. The standard InChI is InChI=1S/C21H28FN3O2/c22-17-5-3-15(4-6-17)21(27)24-12-9-19(10-13-24)25-11-1-2-16(14-25)20(26)23-18-7-8-18/h3-6,16,18-19H,1-2,7-14H2,(H,23,26)/t16-/m1/s1. The molecule has 2 saturated heterocycles. The molecule has 146 valence electrons. The van der Waals surface area contributed by atoms with Crippen LogP contribution in [0.25, 0.3) is 0 Å². The van der Waals surface area contributed by atoms with Crippen LogP contribution in [0.3, 0.4) is 0 Å². The fraction of sp³-hybridized carbons (Fsp3) is 0.619. The maximum atomic E-state index is 13.1. The molecule has 3 fully saturated rings. The molecule has 1 aliphatic carbocycles. The number of nitrogens with zero attached hydrogens (tertiary/aromatic N) is 2. The summed E-state index contributed by atoms with van der Waals surface area (Å²) in [5.41, 5.74) is 0.546. The Morgan fingerprint density at radius 1 is 0.963 bits per heavy atom. The van der Waals surface area contributed by atoms with Crippen molar-refractivity contribution in [2.24, 2.45) is 5.92 Å². The van der Waals surface area contributed by atoms with Crippen molar-refractivity contribution < 1.29 is 14.0 Å². The monoisotopic (exact) mass is 373 g/mol. The summed E-state index contributed by atoms with van der Waals surface area (Å²) in [4.78, 5) is 29.3. The lowest BCUT2D eigenvalue weighted by Crippen LogP contribution is -2.51. The van der Waals surface area contributed by atoms with Crippen LogP contribution in [-0.4, -0.2) is 59.9 Å². The molecule has 0 radical (unpaired) electrons. The van der Waals surface area contributed by atoms with E-state index in [4.69, 9.17) is 0 Å². The fourth-order valence-electron chi connectivity index (χ4n) is 4.31. The number of likely N-dealkylation sites (tertiary alicyclic amines) is 2. The number of hydrogen-bond donors (Lipinski definition) is 1. The topological polar surface area (TPSA) is 52.7 Å². The van der Waals surface area contributed by atoms with E-state index < -0.39 is 0 Å². The van der Waals surface area contributed by atoms with E-state index in [1.165, 1.54) is 12.1 Å². The number of rotatable bonds is 4. The van der Waals surface area contributed by atoms with Crippen molar-refractivity contribution in [1.82, 2.24) is 15.1 Å². The number of halogens is 1. The highest BCUT2D eigenvalue weighted by Gasteiger charge is 2.34. The van der Waals surface area contributed by atoms with Gasteiger partial charge in [0.25, 0.3) is 5.91 Å². The zero-order chi connectivity index (χ0) is 18.8. The quantitative estimate of drug-likeness (QED) is 0.882. The summed E-state index contributed by atoms with van der Waals surface area (Å²) in [6, 6.07) is 6.64. The lowest BCUT2D eigenvalue weighted by molar-refractivity contribution is -0.127. The SMILES string of the molecule is O=C(NC1CC1)[C@@H]1CCCN(C2CCN(C(=O)c3ccc(F)cc3)CC2)C1. The predicted molar refractivity (Wildman–Crippen MR) is 101 cm³/mol. The van der Waals surface area contributed by atoms with E-state index in [-0.39, 0.29) is 23.5 Å². The molecule has 2 aliphatic heterocycles. The van der Waals surface area contributed by atoms with Gasteiger partial charge in [-0.3, -0.25) is 14.5 Å². The van der Waals surface area contributed by atoms with Gasteiger partial charge in [-0.2, -0.15) is 0 Å². The molecule has 0 aromatic heterocycles. The number of carbonyl (C=O) groups is 2. The number of piperidine rings is 2. The van der Waals surface area contributed by atoms with E-state index in [0.717, 1.165) is 64.7 Å². The average molecular weight is 373 g/mol. The highest BCUT2D eigenvalue weighted by Crippen LogP contribution is 2.26. The molecule has 1 N–H and O–H groups in total. The molecule has 27 heavy (non-hydrogen) atoms. The van der Waals surface area contributed by atoms with Crippen molar-refractivity contribution in [3.05, 3.63) is 35.6 Å². The number of carbonyl (C=O) groups excluding carboxylic acids is 2. The first-order chi connectivity index (χ1) is 13.1. The Labute approximate surface area is 159 Å². The van der Waals surface area contributed by atoms with Crippen LogP contribution < -0.4 is 5.32 Å². The second-order valence-electron chi connectivity index (χ2n) is 8.15. The van der Waals surface area contributed by atoms with Gasteiger partial charge < -0.3 is 10.2 Å². The maximum Gasteiger partial charge on any atom is 0.253 e. The van der Waals surface area contributed by atoms with E-state index in [1.807, 2.05) is 4.90 Å². The van der Waals surface area contributed by atoms with Crippen molar-refractivity contribution in [1.29, 1.82) is 0 Å². The van der Waals surface area contributed by atoms with Crippen molar-refractivity contribution >= 4 is 11.8 Å². The Kier molecular flexibility index (Phi) is 5.43. The lowest BCUT2D eigenvalue weighted by Gasteiger charge is -2.42. The van der Waals surface area contributed by atoms with Crippen LogP contribution in [0, 0.1) is 11.7 Å². The first-order valence-corrected chi connectivity index (χ1v) is 10.2. The third kappa shape index (κ3) is 4.49. The molecular formula is C21H28FN3O2. The second kappa shape index (κ2) is 7.97. The molecular weight excluding hydrogens is 345 g/mol. The van der Waals surface area contributed by atoms with Crippen LogP contribution in [0.2, 0.25) is 0 Å². The zero-order valence-electron chi connectivity index (χ0n) is 15.7. The minimum atomic E-state index is -0.323. The van der Waals surface area contributed by atoms with Gasteiger partial charge in [-0.1, -0.05) is 0 Å². The number of nitrogens with one attached hydrogen (secondary N) is 1. The van der Waals surface area contributed by atoms with Gasteiger partial charge in [0.1, 0.15) is 5.82 Å². The molecule has 4 rings (SSSR count). The van der Waals surface area contributed by atoms with Crippen LogP contribution in [0.5, 0.6) is 0 Å². The van der Waals surface area contributed by atoms with E-state index in [2.05, 4.69) is 10.2 Å². The predicted octanol–water partition coefficient (Wildman–Crippen LogP) is 2.42. The average Bonchev–Trinajstić information content (AvgIpc) is 3.52. The maximum absolute atomic E-state index is 13.1. The van der Waals surface area contributed by atoms with Crippen molar-refractivity contribution in [2.75, 3.05) is 26.2 Å². The van der Waals surface area contributed by atoms with Crippen molar-refractivity contribution in [3.8, 4) is 0 Å².